The number of nitrogens with one attached hydrogen (secondary N) is 4. The summed E-state index contributed by atoms with van der Waals surface area (Å²) >= 11 is 6.07. The number of benzene rings is 2. The predicted octanol–water partition coefficient (Wildman–Crippen LogP) is 5.66. The zero-order valence-corrected chi connectivity index (χ0v) is 22.7. The number of hydrazine groups is 2. The first-order valence-corrected chi connectivity index (χ1v) is 14.1. The maximum Gasteiger partial charge on any atom is 0.169 e. The van der Waals surface area contributed by atoms with Gasteiger partial charge in [-0.2, -0.15) is 5.10 Å². The molecule has 0 spiro atoms. The van der Waals surface area contributed by atoms with Crippen molar-refractivity contribution >= 4 is 28.9 Å². The van der Waals surface area contributed by atoms with Gasteiger partial charge in [-0.1, -0.05) is 54.1 Å². The highest BCUT2D eigenvalue weighted by Crippen LogP contribution is 2.39. The summed E-state index contributed by atoms with van der Waals surface area (Å²) in [6.45, 7) is 1.59. The molecule has 2 aromatic carbocycles. The molecule has 6 rings (SSSR count). The van der Waals surface area contributed by atoms with E-state index in [0.717, 1.165) is 46.2 Å². The van der Waals surface area contributed by atoms with E-state index in [0.29, 0.717) is 24.3 Å². The standard InChI is InChI=1S/C30H35ClN8/c31-24-10-6-20(7-11-24)18-39-19-23(17-34-39)26(27-16-28(32)35-30-29(27)36-38-37-30)14-15-33-25-12-8-22(9-13-25)21-4-2-1-3-5-21/h1-7,10-11,16-17,19,22,25-26,33,36,38H,8-9,12-15,18H2,(H3,32,35,37). The number of rotatable bonds is 9. The maximum atomic E-state index is 6.22. The summed E-state index contributed by atoms with van der Waals surface area (Å²) in [7, 11) is 0. The van der Waals surface area contributed by atoms with Crippen molar-refractivity contribution in [2.45, 2.75) is 56.5 Å². The molecule has 6 N–H and O–H groups in total. The second kappa shape index (κ2) is 11.7. The topological polar surface area (TPSA) is 105 Å². The lowest BCUT2D eigenvalue weighted by molar-refractivity contribution is 0.340. The minimum absolute atomic E-state index is 0.102. The lowest BCUT2D eigenvalue weighted by Gasteiger charge is -2.30. The highest BCUT2D eigenvalue weighted by molar-refractivity contribution is 6.30. The van der Waals surface area contributed by atoms with Crippen LogP contribution in [-0.2, 0) is 6.54 Å². The summed E-state index contributed by atoms with van der Waals surface area (Å²) in [6, 6.07) is 21.4. The molecule has 9 heteroatoms. The van der Waals surface area contributed by atoms with Crippen LogP contribution in [0.5, 0.6) is 0 Å². The number of nitrogen functional groups attached to an aromatic ring is 1. The Bertz CT molecular complexity index is 1380. The Morgan fingerprint density at radius 2 is 1.82 bits per heavy atom. The van der Waals surface area contributed by atoms with Crippen LogP contribution in [0.3, 0.4) is 0 Å². The van der Waals surface area contributed by atoms with Crippen molar-refractivity contribution in [1.82, 2.24) is 25.6 Å². The largest absolute Gasteiger partial charge is 0.384 e. The summed E-state index contributed by atoms with van der Waals surface area (Å²) in [5, 5.41) is 9.29. The van der Waals surface area contributed by atoms with Crippen LogP contribution in [0.15, 0.2) is 73.1 Å². The molecule has 1 aliphatic carbocycles. The number of pyridine rings is 1. The number of nitrogens with zero attached hydrogens (tertiary/aromatic N) is 3. The second-order valence-electron chi connectivity index (χ2n) is 10.6. The number of anilines is 3. The van der Waals surface area contributed by atoms with Crippen LogP contribution >= 0.6 is 11.6 Å². The highest BCUT2D eigenvalue weighted by Gasteiger charge is 2.26. The molecule has 0 saturated heterocycles. The van der Waals surface area contributed by atoms with Crippen molar-refractivity contribution in [3.8, 4) is 0 Å². The first-order valence-electron chi connectivity index (χ1n) is 13.7. The van der Waals surface area contributed by atoms with Gasteiger partial charge in [-0.3, -0.25) is 10.1 Å². The molecular formula is C30H35ClN8. The number of fused-ring (bicyclic) bond motifs is 1. The minimum Gasteiger partial charge on any atom is -0.384 e. The summed E-state index contributed by atoms with van der Waals surface area (Å²) in [6.07, 6.45) is 9.92. The monoisotopic (exact) mass is 542 g/mol. The van der Waals surface area contributed by atoms with Gasteiger partial charge < -0.3 is 16.5 Å². The van der Waals surface area contributed by atoms with Crippen LogP contribution in [0, 0.1) is 0 Å². The molecule has 1 atom stereocenters. The summed E-state index contributed by atoms with van der Waals surface area (Å²) < 4.78 is 1.98. The fourth-order valence-electron chi connectivity index (χ4n) is 5.95. The van der Waals surface area contributed by atoms with Gasteiger partial charge in [0.15, 0.2) is 5.82 Å². The quantitative estimate of drug-likeness (QED) is 0.186. The lowest BCUT2D eigenvalue weighted by Crippen LogP contribution is -2.34. The number of nitrogens with two attached hydrogens (primary N) is 1. The molecule has 2 aromatic heterocycles. The summed E-state index contributed by atoms with van der Waals surface area (Å²) in [5.41, 5.74) is 21.3. The van der Waals surface area contributed by atoms with E-state index in [2.05, 4.69) is 63.2 Å². The number of hydrogen-bond donors (Lipinski definition) is 5. The van der Waals surface area contributed by atoms with Gasteiger partial charge in [0.2, 0.25) is 0 Å². The molecule has 1 saturated carbocycles. The van der Waals surface area contributed by atoms with E-state index >= 15 is 0 Å². The van der Waals surface area contributed by atoms with E-state index in [9.17, 15) is 0 Å². The third-order valence-electron chi connectivity index (χ3n) is 7.99. The number of hydrogen-bond acceptors (Lipinski definition) is 7. The van der Waals surface area contributed by atoms with Crippen LogP contribution in [0.25, 0.3) is 0 Å². The van der Waals surface area contributed by atoms with Gasteiger partial charge in [0.25, 0.3) is 0 Å². The number of halogens is 1. The van der Waals surface area contributed by atoms with Crippen LogP contribution < -0.4 is 27.4 Å². The third kappa shape index (κ3) is 6.03. The normalized spacial score (nSPS) is 19.2. The van der Waals surface area contributed by atoms with Crippen LogP contribution in [0.4, 0.5) is 17.3 Å². The molecule has 4 aromatic rings. The first-order chi connectivity index (χ1) is 19.1. The average Bonchev–Trinajstić information content (AvgIpc) is 3.63. The fourth-order valence-corrected chi connectivity index (χ4v) is 6.07. The highest BCUT2D eigenvalue weighted by atomic mass is 35.5. The molecule has 8 nitrogen and oxygen atoms in total. The second-order valence-corrected chi connectivity index (χ2v) is 11.0. The third-order valence-corrected chi connectivity index (χ3v) is 8.24. The van der Waals surface area contributed by atoms with Crippen molar-refractivity contribution in [2.24, 2.45) is 0 Å². The van der Waals surface area contributed by atoms with Gasteiger partial charge >= 0.3 is 0 Å². The Kier molecular flexibility index (Phi) is 7.67. The van der Waals surface area contributed by atoms with E-state index in [1.54, 1.807) is 0 Å². The first kappa shape index (κ1) is 25.7. The van der Waals surface area contributed by atoms with Gasteiger partial charge in [0.05, 0.1) is 18.4 Å². The predicted molar refractivity (Wildman–Crippen MR) is 158 cm³/mol. The van der Waals surface area contributed by atoms with Crippen molar-refractivity contribution in [3.63, 3.8) is 0 Å². The molecule has 2 aliphatic rings. The molecule has 1 fully saturated rings. The van der Waals surface area contributed by atoms with Gasteiger partial charge in [-0.05, 0) is 85.0 Å². The lowest BCUT2D eigenvalue weighted by atomic mass is 9.81. The van der Waals surface area contributed by atoms with E-state index in [4.69, 9.17) is 22.4 Å². The number of aromatic nitrogens is 3. The Morgan fingerprint density at radius 1 is 1.03 bits per heavy atom. The van der Waals surface area contributed by atoms with Crippen LogP contribution in [-0.4, -0.2) is 27.4 Å². The Balaban J connectivity index is 1.15. The van der Waals surface area contributed by atoms with Crippen molar-refractivity contribution in [2.75, 3.05) is 23.1 Å². The van der Waals surface area contributed by atoms with E-state index in [1.807, 2.05) is 41.2 Å². The van der Waals surface area contributed by atoms with Crippen LogP contribution in [0.2, 0.25) is 5.02 Å². The molecule has 3 heterocycles. The molecule has 1 aliphatic heterocycles. The average molecular weight is 543 g/mol. The summed E-state index contributed by atoms with van der Waals surface area (Å²) in [5.74, 6) is 1.99. The Labute approximate surface area is 234 Å². The summed E-state index contributed by atoms with van der Waals surface area (Å²) in [4.78, 5) is 4.44. The minimum atomic E-state index is 0.102. The molecule has 0 amide bonds. The smallest absolute Gasteiger partial charge is 0.169 e. The van der Waals surface area contributed by atoms with Gasteiger partial charge in [-0.25, -0.2) is 4.98 Å². The molecule has 0 bridgehead atoms. The molecule has 202 valence electrons. The van der Waals surface area contributed by atoms with Crippen molar-refractivity contribution in [3.05, 3.63) is 100 Å². The Morgan fingerprint density at radius 3 is 2.62 bits per heavy atom. The van der Waals surface area contributed by atoms with Gasteiger partial charge in [-0.15, -0.1) is 5.53 Å². The van der Waals surface area contributed by atoms with E-state index in [-0.39, 0.29) is 5.92 Å². The fraction of sp³-hybridized carbons (Fsp3) is 0.333. The van der Waals surface area contributed by atoms with Crippen LogP contribution in [0.1, 0.15) is 66.2 Å². The molecular weight excluding hydrogens is 508 g/mol. The molecule has 39 heavy (non-hydrogen) atoms. The zero-order valence-electron chi connectivity index (χ0n) is 21.9. The Hall–Kier alpha value is -3.59. The van der Waals surface area contributed by atoms with Crippen molar-refractivity contribution in [1.29, 1.82) is 0 Å². The molecule has 0 radical (unpaired) electrons. The maximum absolute atomic E-state index is 6.22. The molecule has 1 unspecified atom stereocenters. The SMILES string of the molecule is Nc1cc(C(CCNC2CCC(c3ccccc3)CC2)c2cnn(Cc3ccc(Cl)cc3)c2)c2c(n1)NNN2. The van der Waals surface area contributed by atoms with E-state index in [1.165, 1.54) is 31.2 Å². The van der Waals surface area contributed by atoms with Gasteiger partial charge in [0.1, 0.15) is 5.82 Å². The van der Waals surface area contributed by atoms with E-state index < -0.39 is 0 Å². The van der Waals surface area contributed by atoms with Crippen molar-refractivity contribution < 1.29 is 0 Å². The van der Waals surface area contributed by atoms with Gasteiger partial charge in [0, 0.05) is 23.2 Å². The zero-order chi connectivity index (χ0) is 26.6.